The predicted molar refractivity (Wildman–Crippen MR) is 46.9 cm³/mol. The van der Waals surface area contributed by atoms with Gasteiger partial charge in [-0.1, -0.05) is 0 Å². The number of aromatic nitrogens is 1. The Labute approximate surface area is 83.1 Å². The van der Waals surface area contributed by atoms with E-state index in [4.69, 9.17) is 16.0 Å². The molecular formula is C9H4ClF2NO. The highest BCUT2D eigenvalue weighted by Gasteiger charge is 2.10. The number of oxazole rings is 1. The fourth-order valence-electron chi connectivity index (χ4n) is 1.07. The van der Waals surface area contributed by atoms with Gasteiger partial charge < -0.3 is 4.42 Å². The van der Waals surface area contributed by atoms with Crippen molar-refractivity contribution < 1.29 is 13.2 Å². The molecule has 0 spiro atoms. The van der Waals surface area contributed by atoms with Crippen LogP contribution in [0.15, 0.2) is 28.8 Å². The van der Waals surface area contributed by atoms with E-state index in [0.29, 0.717) is 0 Å². The first-order chi connectivity index (χ1) is 6.66. The van der Waals surface area contributed by atoms with Gasteiger partial charge in [-0.15, -0.1) is 0 Å². The van der Waals surface area contributed by atoms with E-state index in [1.54, 1.807) is 0 Å². The fraction of sp³-hybridized carbons (Fsp3) is 0. The van der Waals surface area contributed by atoms with E-state index < -0.39 is 11.6 Å². The van der Waals surface area contributed by atoms with Crippen molar-refractivity contribution in [1.82, 2.24) is 4.98 Å². The third-order valence-corrected chi connectivity index (χ3v) is 1.85. The van der Waals surface area contributed by atoms with E-state index in [-0.39, 0.29) is 16.7 Å². The summed E-state index contributed by atoms with van der Waals surface area (Å²) in [5.74, 6) is -1.18. The summed E-state index contributed by atoms with van der Waals surface area (Å²) >= 11 is 5.42. The van der Waals surface area contributed by atoms with Crippen LogP contribution in [0.3, 0.4) is 0 Å². The molecule has 72 valence electrons. The first-order valence-electron chi connectivity index (χ1n) is 3.73. The topological polar surface area (TPSA) is 26.0 Å². The lowest BCUT2D eigenvalue weighted by atomic mass is 10.2. The molecule has 2 rings (SSSR count). The zero-order valence-corrected chi connectivity index (χ0v) is 7.55. The van der Waals surface area contributed by atoms with Crippen molar-refractivity contribution in [1.29, 1.82) is 0 Å². The Hall–Kier alpha value is -1.42. The average molecular weight is 216 g/mol. The minimum absolute atomic E-state index is 0.0799. The second kappa shape index (κ2) is 3.38. The van der Waals surface area contributed by atoms with Crippen molar-refractivity contribution in [2.75, 3.05) is 0 Å². The molecular weight excluding hydrogens is 212 g/mol. The van der Waals surface area contributed by atoms with Crippen molar-refractivity contribution in [3.8, 4) is 11.3 Å². The fourth-order valence-corrected chi connectivity index (χ4v) is 1.20. The lowest BCUT2D eigenvalue weighted by molar-refractivity contribution is 0.556. The van der Waals surface area contributed by atoms with Crippen molar-refractivity contribution in [2.24, 2.45) is 0 Å². The van der Waals surface area contributed by atoms with Gasteiger partial charge in [0.1, 0.15) is 11.6 Å². The van der Waals surface area contributed by atoms with Crippen LogP contribution >= 0.6 is 11.6 Å². The Kier molecular flexibility index (Phi) is 2.21. The maximum absolute atomic E-state index is 13.2. The summed E-state index contributed by atoms with van der Waals surface area (Å²) in [6.07, 6.45) is 1.28. The number of nitrogens with zero attached hydrogens (tertiary/aromatic N) is 1. The molecule has 2 nitrogen and oxygen atoms in total. The molecule has 0 aliphatic carbocycles. The van der Waals surface area contributed by atoms with Gasteiger partial charge in [-0.3, -0.25) is 0 Å². The summed E-state index contributed by atoms with van der Waals surface area (Å²) < 4.78 is 30.6. The molecule has 0 aliphatic heterocycles. The molecule has 0 amide bonds. The van der Waals surface area contributed by atoms with Crippen LogP contribution in [-0.4, -0.2) is 4.98 Å². The van der Waals surface area contributed by atoms with E-state index in [1.165, 1.54) is 12.3 Å². The van der Waals surface area contributed by atoms with Crippen molar-refractivity contribution in [2.45, 2.75) is 0 Å². The predicted octanol–water partition coefficient (Wildman–Crippen LogP) is 3.27. The highest BCUT2D eigenvalue weighted by atomic mass is 35.5. The van der Waals surface area contributed by atoms with E-state index in [2.05, 4.69) is 4.98 Å². The SMILES string of the molecule is Fc1ccc(-c2cnc(Cl)o2)c(F)c1. The largest absolute Gasteiger partial charge is 0.427 e. The van der Waals surface area contributed by atoms with Crippen LogP contribution in [0.5, 0.6) is 0 Å². The minimum Gasteiger partial charge on any atom is -0.427 e. The first-order valence-corrected chi connectivity index (χ1v) is 4.11. The number of benzene rings is 1. The average Bonchev–Trinajstić information content (AvgIpc) is 2.51. The van der Waals surface area contributed by atoms with Gasteiger partial charge in [-0.25, -0.2) is 13.8 Å². The molecule has 0 fully saturated rings. The van der Waals surface area contributed by atoms with Crippen LogP contribution in [0.4, 0.5) is 8.78 Å². The summed E-state index contributed by atoms with van der Waals surface area (Å²) in [5.41, 5.74) is 0.130. The van der Waals surface area contributed by atoms with Crippen LogP contribution in [0.25, 0.3) is 11.3 Å². The Morgan fingerprint density at radius 1 is 1.29 bits per heavy atom. The number of halogens is 3. The molecule has 1 heterocycles. The van der Waals surface area contributed by atoms with Gasteiger partial charge in [0.15, 0.2) is 5.76 Å². The van der Waals surface area contributed by atoms with Gasteiger partial charge in [-0.05, 0) is 23.7 Å². The van der Waals surface area contributed by atoms with E-state index in [1.807, 2.05) is 0 Å². The third kappa shape index (κ3) is 1.61. The van der Waals surface area contributed by atoms with Gasteiger partial charge in [0.05, 0.1) is 11.8 Å². The summed E-state index contributed by atoms with van der Waals surface area (Å²) in [7, 11) is 0. The maximum atomic E-state index is 13.2. The van der Waals surface area contributed by atoms with Gasteiger partial charge in [-0.2, -0.15) is 0 Å². The molecule has 0 saturated carbocycles. The van der Waals surface area contributed by atoms with Gasteiger partial charge in [0.2, 0.25) is 0 Å². The Bertz CT molecular complexity index is 470. The molecule has 0 aliphatic rings. The zero-order valence-electron chi connectivity index (χ0n) is 6.80. The molecule has 0 saturated heterocycles. The molecule has 0 N–H and O–H groups in total. The molecule has 1 aromatic carbocycles. The van der Waals surface area contributed by atoms with Crippen molar-refractivity contribution in [3.63, 3.8) is 0 Å². The normalized spacial score (nSPS) is 10.5. The lowest BCUT2D eigenvalue weighted by Crippen LogP contribution is -1.83. The molecule has 5 heteroatoms. The lowest BCUT2D eigenvalue weighted by Gasteiger charge is -1.97. The quantitative estimate of drug-likeness (QED) is 0.730. The van der Waals surface area contributed by atoms with Crippen LogP contribution in [0.2, 0.25) is 5.35 Å². The van der Waals surface area contributed by atoms with Gasteiger partial charge >= 0.3 is 0 Å². The first kappa shape index (κ1) is 9.15. The Morgan fingerprint density at radius 3 is 2.64 bits per heavy atom. The van der Waals surface area contributed by atoms with Crippen molar-refractivity contribution in [3.05, 3.63) is 41.4 Å². The van der Waals surface area contributed by atoms with Crippen LogP contribution in [0, 0.1) is 11.6 Å². The standard InChI is InChI=1S/C9H4ClF2NO/c10-9-13-4-8(14-9)6-2-1-5(11)3-7(6)12/h1-4H. The summed E-state index contributed by atoms with van der Waals surface area (Å²) in [5, 5.41) is -0.0799. The molecule has 0 radical (unpaired) electrons. The van der Waals surface area contributed by atoms with Crippen molar-refractivity contribution >= 4 is 11.6 Å². The highest BCUT2D eigenvalue weighted by molar-refractivity contribution is 6.27. The highest BCUT2D eigenvalue weighted by Crippen LogP contribution is 2.25. The Morgan fingerprint density at radius 2 is 2.07 bits per heavy atom. The minimum atomic E-state index is -0.710. The monoisotopic (exact) mass is 215 g/mol. The van der Waals surface area contributed by atoms with Crippen LogP contribution in [-0.2, 0) is 0 Å². The maximum Gasteiger partial charge on any atom is 0.292 e. The summed E-state index contributed by atoms with van der Waals surface area (Å²) in [6, 6.07) is 3.17. The number of hydrogen-bond donors (Lipinski definition) is 0. The van der Waals surface area contributed by atoms with E-state index in [0.717, 1.165) is 12.1 Å². The summed E-state index contributed by atoms with van der Waals surface area (Å²) in [4.78, 5) is 3.59. The molecule has 2 aromatic rings. The van der Waals surface area contributed by atoms with Crippen LogP contribution in [0.1, 0.15) is 0 Å². The molecule has 0 bridgehead atoms. The zero-order chi connectivity index (χ0) is 10.1. The van der Waals surface area contributed by atoms with Crippen LogP contribution < -0.4 is 0 Å². The Balaban J connectivity index is 2.52. The number of hydrogen-bond acceptors (Lipinski definition) is 2. The third-order valence-electron chi connectivity index (χ3n) is 1.67. The number of rotatable bonds is 1. The molecule has 0 unspecified atom stereocenters. The van der Waals surface area contributed by atoms with E-state index >= 15 is 0 Å². The molecule has 14 heavy (non-hydrogen) atoms. The second-order valence-corrected chi connectivity index (χ2v) is 2.92. The second-order valence-electron chi connectivity index (χ2n) is 2.60. The smallest absolute Gasteiger partial charge is 0.292 e. The van der Waals surface area contributed by atoms with E-state index in [9.17, 15) is 8.78 Å². The summed E-state index contributed by atoms with van der Waals surface area (Å²) in [6.45, 7) is 0. The van der Waals surface area contributed by atoms with Gasteiger partial charge in [0.25, 0.3) is 5.35 Å². The van der Waals surface area contributed by atoms with Gasteiger partial charge in [0, 0.05) is 6.07 Å². The molecule has 1 aromatic heterocycles. The molecule has 0 atom stereocenters.